The molecule has 0 atom stereocenters. The molecule has 1 fully saturated rings. The maximum atomic E-state index is 12.8. The lowest BCUT2D eigenvalue weighted by atomic mass is 10.1. The van der Waals surface area contributed by atoms with Gasteiger partial charge in [0.25, 0.3) is 0 Å². The molecular weight excluding hydrogens is 430 g/mol. The standard InChI is InChI=1S/C20H22BrNO4S/c1-26-17-6-8-18(9-7-17)27(24,25)19-10-12-22(13-11-19)20(23)14-15-2-4-16(21)5-3-15/h2-9,19H,10-14H2,1H3. The van der Waals surface area contributed by atoms with E-state index in [1.54, 1.807) is 36.3 Å². The maximum Gasteiger partial charge on any atom is 0.226 e. The summed E-state index contributed by atoms with van der Waals surface area (Å²) >= 11 is 3.38. The normalized spacial score (nSPS) is 15.6. The van der Waals surface area contributed by atoms with E-state index in [2.05, 4.69) is 15.9 Å². The molecule has 0 aliphatic carbocycles. The number of rotatable bonds is 5. The highest BCUT2D eigenvalue weighted by Crippen LogP contribution is 2.26. The summed E-state index contributed by atoms with van der Waals surface area (Å²) in [7, 11) is -1.85. The third-order valence-electron chi connectivity index (χ3n) is 4.89. The highest BCUT2D eigenvalue weighted by Gasteiger charge is 2.32. The molecule has 1 amide bonds. The van der Waals surface area contributed by atoms with Gasteiger partial charge in [-0.2, -0.15) is 0 Å². The van der Waals surface area contributed by atoms with E-state index < -0.39 is 15.1 Å². The molecule has 0 radical (unpaired) electrons. The van der Waals surface area contributed by atoms with Crippen LogP contribution in [0.1, 0.15) is 18.4 Å². The molecule has 0 saturated carbocycles. The maximum absolute atomic E-state index is 12.8. The molecule has 27 heavy (non-hydrogen) atoms. The number of hydrogen-bond donors (Lipinski definition) is 0. The van der Waals surface area contributed by atoms with E-state index >= 15 is 0 Å². The lowest BCUT2D eigenvalue weighted by Crippen LogP contribution is -2.43. The molecule has 5 nitrogen and oxygen atoms in total. The minimum atomic E-state index is -3.40. The van der Waals surface area contributed by atoms with Gasteiger partial charge in [-0.3, -0.25) is 4.79 Å². The van der Waals surface area contributed by atoms with Crippen molar-refractivity contribution < 1.29 is 17.9 Å². The average Bonchev–Trinajstić information content (AvgIpc) is 2.70. The quantitative estimate of drug-likeness (QED) is 0.697. The van der Waals surface area contributed by atoms with Gasteiger partial charge >= 0.3 is 0 Å². The molecule has 1 heterocycles. The van der Waals surface area contributed by atoms with Gasteiger partial charge in [-0.1, -0.05) is 28.1 Å². The number of amides is 1. The highest BCUT2D eigenvalue weighted by atomic mass is 79.9. The van der Waals surface area contributed by atoms with Crippen LogP contribution >= 0.6 is 15.9 Å². The van der Waals surface area contributed by atoms with Crippen molar-refractivity contribution in [3.63, 3.8) is 0 Å². The first-order valence-electron chi connectivity index (χ1n) is 8.80. The number of benzene rings is 2. The number of carbonyl (C=O) groups excluding carboxylic acids is 1. The Morgan fingerprint density at radius 3 is 2.22 bits per heavy atom. The van der Waals surface area contributed by atoms with E-state index in [1.807, 2.05) is 24.3 Å². The molecule has 0 unspecified atom stereocenters. The average molecular weight is 452 g/mol. The SMILES string of the molecule is COc1ccc(S(=O)(=O)C2CCN(C(=O)Cc3ccc(Br)cc3)CC2)cc1. The van der Waals surface area contributed by atoms with Crippen LogP contribution in [-0.2, 0) is 21.1 Å². The molecule has 144 valence electrons. The number of sulfone groups is 1. The van der Waals surface area contributed by atoms with Crippen LogP contribution in [0.4, 0.5) is 0 Å². The summed E-state index contributed by atoms with van der Waals surface area (Å²) < 4.78 is 31.7. The summed E-state index contributed by atoms with van der Waals surface area (Å²) in [5, 5.41) is -0.456. The number of likely N-dealkylation sites (tertiary alicyclic amines) is 1. The van der Waals surface area contributed by atoms with Gasteiger partial charge in [0.15, 0.2) is 9.84 Å². The third-order valence-corrected chi connectivity index (χ3v) is 7.70. The smallest absolute Gasteiger partial charge is 0.226 e. The number of nitrogens with zero attached hydrogens (tertiary/aromatic N) is 1. The molecule has 1 saturated heterocycles. The Hall–Kier alpha value is -1.86. The van der Waals surface area contributed by atoms with E-state index in [1.165, 1.54) is 0 Å². The van der Waals surface area contributed by atoms with Gasteiger partial charge in [-0.25, -0.2) is 8.42 Å². The molecule has 0 aromatic heterocycles. The number of hydrogen-bond acceptors (Lipinski definition) is 4. The molecule has 2 aromatic carbocycles. The number of piperidine rings is 1. The lowest BCUT2D eigenvalue weighted by Gasteiger charge is -2.32. The molecule has 2 aromatic rings. The molecule has 0 N–H and O–H groups in total. The number of methoxy groups -OCH3 is 1. The Bertz CT molecular complexity index is 887. The Kier molecular flexibility index (Phi) is 6.22. The van der Waals surface area contributed by atoms with E-state index in [9.17, 15) is 13.2 Å². The molecule has 7 heteroatoms. The Morgan fingerprint density at radius 2 is 1.67 bits per heavy atom. The Labute approximate surface area is 168 Å². The second-order valence-corrected chi connectivity index (χ2v) is 9.75. The Balaban J connectivity index is 1.60. The van der Waals surface area contributed by atoms with Crippen molar-refractivity contribution in [1.82, 2.24) is 4.90 Å². The predicted molar refractivity (Wildman–Crippen MR) is 108 cm³/mol. The Morgan fingerprint density at radius 1 is 1.07 bits per heavy atom. The van der Waals surface area contributed by atoms with Gasteiger partial charge in [0.05, 0.1) is 23.7 Å². The summed E-state index contributed by atoms with van der Waals surface area (Å²) in [5.41, 5.74) is 0.955. The van der Waals surface area contributed by atoms with E-state index in [4.69, 9.17) is 4.74 Å². The monoisotopic (exact) mass is 451 g/mol. The number of ether oxygens (including phenoxy) is 1. The van der Waals surface area contributed by atoms with Crippen molar-refractivity contribution >= 4 is 31.7 Å². The van der Waals surface area contributed by atoms with Gasteiger partial charge in [-0.05, 0) is 54.8 Å². The summed E-state index contributed by atoms with van der Waals surface area (Å²) in [5.74, 6) is 0.667. The van der Waals surface area contributed by atoms with Crippen LogP contribution in [-0.4, -0.2) is 44.7 Å². The second-order valence-electron chi connectivity index (χ2n) is 6.60. The van der Waals surface area contributed by atoms with Crippen molar-refractivity contribution in [1.29, 1.82) is 0 Å². The van der Waals surface area contributed by atoms with Crippen molar-refractivity contribution in [2.75, 3.05) is 20.2 Å². The number of halogens is 1. The van der Waals surface area contributed by atoms with Crippen LogP contribution < -0.4 is 4.74 Å². The summed E-state index contributed by atoms with van der Waals surface area (Å²) in [6.45, 7) is 0.935. The summed E-state index contributed by atoms with van der Waals surface area (Å²) in [4.78, 5) is 14.6. The molecule has 0 spiro atoms. The molecule has 1 aliphatic heterocycles. The van der Waals surface area contributed by atoms with Gasteiger partial charge in [0, 0.05) is 17.6 Å². The summed E-state index contributed by atoms with van der Waals surface area (Å²) in [6.07, 6.45) is 1.25. The zero-order chi connectivity index (χ0) is 19.4. The van der Waals surface area contributed by atoms with Gasteiger partial charge in [-0.15, -0.1) is 0 Å². The first-order chi connectivity index (χ1) is 12.9. The zero-order valence-corrected chi connectivity index (χ0v) is 17.5. The fourth-order valence-corrected chi connectivity index (χ4v) is 5.26. The van der Waals surface area contributed by atoms with E-state index in [-0.39, 0.29) is 5.91 Å². The molecule has 0 bridgehead atoms. The molecular formula is C20H22BrNO4S. The van der Waals surface area contributed by atoms with Gasteiger partial charge in [0.1, 0.15) is 5.75 Å². The largest absolute Gasteiger partial charge is 0.497 e. The van der Waals surface area contributed by atoms with E-state index in [0.717, 1.165) is 10.0 Å². The molecule has 1 aliphatic rings. The second kappa shape index (κ2) is 8.44. The van der Waals surface area contributed by atoms with Crippen LogP contribution in [0.5, 0.6) is 5.75 Å². The third kappa shape index (κ3) is 4.71. The van der Waals surface area contributed by atoms with Crippen LogP contribution in [0.15, 0.2) is 57.9 Å². The fraction of sp³-hybridized carbons (Fsp3) is 0.350. The lowest BCUT2D eigenvalue weighted by molar-refractivity contribution is -0.131. The predicted octanol–water partition coefficient (Wildman–Crippen LogP) is 3.47. The van der Waals surface area contributed by atoms with Crippen LogP contribution in [0.2, 0.25) is 0 Å². The van der Waals surface area contributed by atoms with Crippen molar-refractivity contribution in [3.05, 3.63) is 58.6 Å². The van der Waals surface area contributed by atoms with Crippen molar-refractivity contribution in [3.8, 4) is 5.75 Å². The topological polar surface area (TPSA) is 63.7 Å². The zero-order valence-electron chi connectivity index (χ0n) is 15.1. The summed E-state index contributed by atoms with van der Waals surface area (Å²) in [6, 6.07) is 14.1. The van der Waals surface area contributed by atoms with Crippen LogP contribution in [0.3, 0.4) is 0 Å². The van der Waals surface area contributed by atoms with E-state index in [0.29, 0.717) is 43.0 Å². The highest BCUT2D eigenvalue weighted by molar-refractivity contribution is 9.10. The van der Waals surface area contributed by atoms with Gasteiger partial charge in [0.2, 0.25) is 5.91 Å². The first-order valence-corrected chi connectivity index (χ1v) is 11.1. The van der Waals surface area contributed by atoms with Gasteiger partial charge < -0.3 is 9.64 Å². The minimum Gasteiger partial charge on any atom is -0.497 e. The minimum absolute atomic E-state index is 0.0395. The first kappa shape index (κ1) is 19.9. The number of carbonyl (C=O) groups is 1. The molecule has 3 rings (SSSR count). The fourth-order valence-electron chi connectivity index (χ4n) is 3.26. The van der Waals surface area contributed by atoms with Crippen molar-refractivity contribution in [2.45, 2.75) is 29.4 Å². The van der Waals surface area contributed by atoms with Crippen LogP contribution in [0.25, 0.3) is 0 Å². The van der Waals surface area contributed by atoms with Crippen molar-refractivity contribution in [2.24, 2.45) is 0 Å². The van der Waals surface area contributed by atoms with Crippen LogP contribution in [0, 0.1) is 0 Å².